The van der Waals surface area contributed by atoms with Crippen molar-refractivity contribution in [3.8, 4) is 16.9 Å². The molecular formula is C21H16F2N4O2. The van der Waals surface area contributed by atoms with Gasteiger partial charge in [0.2, 0.25) is 0 Å². The summed E-state index contributed by atoms with van der Waals surface area (Å²) < 4.78 is 28.2. The quantitative estimate of drug-likeness (QED) is 0.715. The van der Waals surface area contributed by atoms with Crippen LogP contribution in [0.1, 0.15) is 11.1 Å². The lowest BCUT2D eigenvalue weighted by molar-refractivity contribution is -0.129. The van der Waals surface area contributed by atoms with Gasteiger partial charge in [0.05, 0.1) is 6.20 Å². The summed E-state index contributed by atoms with van der Waals surface area (Å²) in [6, 6.07) is 11.2. The molecule has 2 aromatic carbocycles. The van der Waals surface area contributed by atoms with Crippen molar-refractivity contribution in [2.45, 2.75) is 5.54 Å². The number of benzene rings is 2. The minimum absolute atomic E-state index is 0.00127. The number of pyridine rings is 1. The van der Waals surface area contributed by atoms with Gasteiger partial charge in [-0.2, -0.15) is 0 Å². The second-order valence-electron chi connectivity index (χ2n) is 6.68. The van der Waals surface area contributed by atoms with E-state index in [9.17, 15) is 18.7 Å². The van der Waals surface area contributed by atoms with Gasteiger partial charge < -0.3 is 10.8 Å². The number of aromatic nitrogens is 1. The van der Waals surface area contributed by atoms with E-state index in [0.717, 1.165) is 12.3 Å². The standard InChI is InChI=1S/C21H16F2N4O2/c1-27-19(29)21(26-20(27)24,13-2-5-16(28)6-3-13)14-4-7-18(23)17(9-14)12-8-15(22)11-25-10-12/h2-11,28H,1H3,(H2,24,26). The number of amides is 1. The average Bonchev–Trinajstić information content (AvgIpc) is 2.94. The zero-order valence-corrected chi connectivity index (χ0v) is 15.3. The first kappa shape index (κ1) is 18.5. The van der Waals surface area contributed by atoms with Crippen LogP contribution < -0.4 is 5.73 Å². The molecule has 0 saturated heterocycles. The topological polar surface area (TPSA) is 91.8 Å². The first-order valence-corrected chi connectivity index (χ1v) is 8.67. The van der Waals surface area contributed by atoms with Crippen LogP contribution in [0.2, 0.25) is 0 Å². The van der Waals surface area contributed by atoms with Crippen LogP contribution in [0.25, 0.3) is 11.1 Å². The van der Waals surface area contributed by atoms with E-state index < -0.39 is 23.1 Å². The van der Waals surface area contributed by atoms with Crippen LogP contribution >= 0.6 is 0 Å². The highest BCUT2D eigenvalue weighted by molar-refractivity contribution is 6.09. The normalized spacial score (nSPS) is 18.8. The van der Waals surface area contributed by atoms with Crippen LogP contribution in [0.5, 0.6) is 5.75 Å². The number of phenolic OH excluding ortho intramolecular Hbond substituents is 1. The van der Waals surface area contributed by atoms with Gasteiger partial charge in [0, 0.05) is 24.4 Å². The van der Waals surface area contributed by atoms with Gasteiger partial charge >= 0.3 is 0 Å². The van der Waals surface area contributed by atoms with Crippen LogP contribution in [0.3, 0.4) is 0 Å². The van der Waals surface area contributed by atoms with Gasteiger partial charge in [0.15, 0.2) is 11.5 Å². The summed E-state index contributed by atoms with van der Waals surface area (Å²) >= 11 is 0. The van der Waals surface area contributed by atoms with Gasteiger partial charge in [-0.3, -0.25) is 14.7 Å². The lowest BCUT2D eigenvalue weighted by Crippen LogP contribution is -2.41. The number of hydrogen-bond acceptors (Lipinski definition) is 5. The fourth-order valence-corrected chi connectivity index (χ4v) is 3.42. The highest BCUT2D eigenvalue weighted by Gasteiger charge is 2.49. The predicted octanol–water partition coefficient (Wildman–Crippen LogP) is 2.76. The molecular weight excluding hydrogens is 378 g/mol. The number of phenols is 1. The van der Waals surface area contributed by atoms with E-state index in [1.807, 2.05) is 0 Å². The van der Waals surface area contributed by atoms with Crippen molar-refractivity contribution in [3.05, 3.63) is 83.7 Å². The molecule has 0 radical (unpaired) electrons. The number of aromatic hydroxyl groups is 1. The number of rotatable bonds is 3. The number of carbonyl (C=O) groups excluding carboxylic acids is 1. The van der Waals surface area contributed by atoms with Crippen LogP contribution in [-0.2, 0) is 10.3 Å². The SMILES string of the molecule is CN1C(=O)C(c2ccc(O)cc2)(c2ccc(F)c(-c3cncc(F)c3)c2)N=C1N. The van der Waals surface area contributed by atoms with Crippen LogP contribution in [0, 0.1) is 11.6 Å². The molecule has 146 valence electrons. The second kappa shape index (κ2) is 6.66. The van der Waals surface area contributed by atoms with Gasteiger partial charge in [0.1, 0.15) is 17.4 Å². The minimum atomic E-state index is -1.56. The fraction of sp³-hybridized carbons (Fsp3) is 0.0952. The molecule has 1 aromatic heterocycles. The van der Waals surface area contributed by atoms with Crippen molar-refractivity contribution in [2.24, 2.45) is 10.7 Å². The van der Waals surface area contributed by atoms with E-state index in [0.29, 0.717) is 11.1 Å². The van der Waals surface area contributed by atoms with Crippen molar-refractivity contribution < 1.29 is 18.7 Å². The van der Waals surface area contributed by atoms with E-state index in [-0.39, 0.29) is 22.8 Å². The van der Waals surface area contributed by atoms with Crippen molar-refractivity contribution in [1.29, 1.82) is 0 Å². The van der Waals surface area contributed by atoms with Gasteiger partial charge in [-0.05, 0) is 41.5 Å². The third-order valence-corrected chi connectivity index (χ3v) is 4.93. The second-order valence-corrected chi connectivity index (χ2v) is 6.68. The van der Waals surface area contributed by atoms with Gasteiger partial charge in [-0.15, -0.1) is 0 Å². The van der Waals surface area contributed by atoms with Crippen molar-refractivity contribution in [1.82, 2.24) is 9.88 Å². The van der Waals surface area contributed by atoms with Gasteiger partial charge in [0.25, 0.3) is 5.91 Å². The van der Waals surface area contributed by atoms with Crippen LogP contribution in [0.15, 0.2) is 65.9 Å². The zero-order valence-electron chi connectivity index (χ0n) is 15.3. The molecule has 8 heteroatoms. The Balaban J connectivity index is 1.97. The Labute approximate surface area is 165 Å². The number of halogens is 2. The molecule has 1 amide bonds. The molecule has 1 aliphatic heterocycles. The van der Waals surface area contributed by atoms with Crippen LogP contribution in [0.4, 0.5) is 8.78 Å². The predicted molar refractivity (Wildman–Crippen MR) is 103 cm³/mol. The van der Waals surface area contributed by atoms with E-state index in [4.69, 9.17) is 5.73 Å². The number of guanidine groups is 1. The molecule has 0 fully saturated rings. The van der Waals surface area contributed by atoms with Gasteiger partial charge in [-0.25, -0.2) is 13.8 Å². The number of likely N-dealkylation sites (N-methyl/N-ethyl adjacent to an activating group) is 1. The van der Waals surface area contributed by atoms with Crippen molar-refractivity contribution in [2.75, 3.05) is 7.05 Å². The smallest absolute Gasteiger partial charge is 0.266 e. The molecule has 1 atom stereocenters. The Morgan fingerprint density at radius 1 is 1.03 bits per heavy atom. The molecule has 3 N–H and O–H groups in total. The Hall–Kier alpha value is -3.81. The lowest BCUT2D eigenvalue weighted by Gasteiger charge is -2.26. The molecule has 0 aliphatic carbocycles. The molecule has 1 aliphatic rings. The minimum Gasteiger partial charge on any atom is -0.508 e. The molecule has 2 heterocycles. The summed E-state index contributed by atoms with van der Waals surface area (Å²) in [5, 5.41) is 9.63. The molecule has 0 spiro atoms. The molecule has 6 nitrogen and oxygen atoms in total. The fourth-order valence-electron chi connectivity index (χ4n) is 3.42. The van der Waals surface area contributed by atoms with Crippen LogP contribution in [-0.4, -0.2) is 33.9 Å². The van der Waals surface area contributed by atoms with Crippen molar-refractivity contribution >= 4 is 11.9 Å². The number of nitrogens with two attached hydrogens (primary N) is 1. The number of carbonyl (C=O) groups is 1. The molecule has 0 bridgehead atoms. The van der Waals surface area contributed by atoms with E-state index in [1.165, 1.54) is 48.5 Å². The monoisotopic (exact) mass is 394 g/mol. The molecule has 29 heavy (non-hydrogen) atoms. The summed E-state index contributed by atoms with van der Waals surface area (Å²) in [5.74, 6) is -1.63. The highest BCUT2D eigenvalue weighted by Crippen LogP contribution is 2.41. The third kappa shape index (κ3) is 2.89. The Morgan fingerprint density at radius 3 is 2.34 bits per heavy atom. The molecule has 3 aromatic rings. The maximum Gasteiger partial charge on any atom is 0.266 e. The van der Waals surface area contributed by atoms with E-state index in [2.05, 4.69) is 9.98 Å². The maximum atomic E-state index is 14.6. The first-order chi connectivity index (χ1) is 13.8. The summed E-state index contributed by atoms with van der Waals surface area (Å²) in [6.45, 7) is 0. The zero-order chi connectivity index (χ0) is 20.8. The van der Waals surface area contributed by atoms with Gasteiger partial charge in [-0.1, -0.05) is 18.2 Å². The molecule has 4 rings (SSSR count). The molecule has 1 unspecified atom stereocenters. The number of hydrogen-bond donors (Lipinski definition) is 2. The Bertz CT molecular complexity index is 1150. The van der Waals surface area contributed by atoms with E-state index in [1.54, 1.807) is 12.1 Å². The van der Waals surface area contributed by atoms with Crippen molar-refractivity contribution in [3.63, 3.8) is 0 Å². The summed E-state index contributed by atoms with van der Waals surface area (Å²) in [4.78, 5) is 22.6. The lowest BCUT2D eigenvalue weighted by atomic mass is 9.81. The maximum absolute atomic E-state index is 14.6. The summed E-state index contributed by atoms with van der Waals surface area (Å²) in [5.41, 5.74) is 5.45. The molecule has 0 saturated carbocycles. The average molecular weight is 394 g/mol. The first-order valence-electron chi connectivity index (χ1n) is 8.67. The largest absolute Gasteiger partial charge is 0.508 e. The number of nitrogens with zero attached hydrogens (tertiary/aromatic N) is 3. The highest BCUT2D eigenvalue weighted by atomic mass is 19.1. The van der Waals surface area contributed by atoms with E-state index >= 15 is 0 Å². The number of aliphatic imine (C=N–C) groups is 1. The Kier molecular flexibility index (Phi) is 4.26. The summed E-state index contributed by atoms with van der Waals surface area (Å²) in [6.07, 6.45) is 2.35. The third-order valence-electron chi connectivity index (χ3n) is 4.93. The summed E-state index contributed by atoms with van der Waals surface area (Å²) in [7, 11) is 1.49. The Morgan fingerprint density at radius 2 is 1.72 bits per heavy atom.